The number of rotatable bonds is 10. The largest absolute Gasteiger partial charge is 0.465 e. The number of hydrogen-bond acceptors (Lipinski definition) is 8. The summed E-state index contributed by atoms with van der Waals surface area (Å²) in [6.07, 6.45) is 1.99. The van der Waals surface area contributed by atoms with E-state index in [2.05, 4.69) is 4.74 Å². The first-order valence-corrected chi connectivity index (χ1v) is 11.5. The lowest BCUT2D eigenvalue weighted by Crippen LogP contribution is -2.30. The zero-order valence-corrected chi connectivity index (χ0v) is 18.6. The zero-order chi connectivity index (χ0) is 21.5. The smallest absolute Gasteiger partial charge is 0.348 e. The average Bonchev–Trinajstić information content (AvgIpc) is 3.02. The molecule has 28 heavy (non-hydrogen) atoms. The van der Waals surface area contributed by atoms with Crippen LogP contribution in [0.4, 0.5) is 0 Å². The number of ether oxygens (including phenoxy) is 2. The van der Waals surface area contributed by atoms with Crippen molar-refractivity contribution in [1.29, 1.82) is 0 Å². The van der Waals surface area contributed by atoms with Crippen LogP contribution in [0.2, 0.25) is 0 Å². The molecule has 7 nitrogen and oxygen atoms in total. The summed E-state index contributed by atoms with van der Waals surface area (Å²) in [5.41, 5.74) is 0.515. The lowest BCUT2D eigenvalue weighted by atomic mass is 10.0. The van der Waals surface area contributed by atoms with Gasteiger partial charge in [0.15, 0.2) is 9.84 Å². The van der Waals surface area contributed by atoms with Gasteiger partial charge in [0, 0.05) is 12.8 Å². The molecular formula is C19H28O7S2. The van der Waals surface area contributed by atoms with Gasteiger partial charge in [0.2, 0.25) is 0 Å². The summed E-state index contributed by atoms with van der Waals surface area (Å²) in [6, 6.07) is 0. The van der Waals surface area contributed by atoms with E-state index in [1.54, 1.807) is 26.2 Å². The molecule has 1 heterocycles. The Morgan fingerprint density at radius 2 is 1.61 bits per heavy atom. The summed E-state index contributed by atoms with van der Waals surface area (Å²) in [4.78, 5) is 36.2. The Balaban J connectivity index is 2.62. The number of unbranched alkanes of at least 4 members (excludes halogenated alkanes) is 2. The molecule has 0 atom stereocenters. The van der Waals surface area contributed by atoms with E-state index in [9.17, 15) is 22.8 Å². The van der Waals surface area contributed by atoms with Crippen LogP contribution < -0.4 is 0 Å². The molecule has 0 saturated carbocycles. The molecule has 0 aliphatic rings. The van der Waals surface area contributed by atoms with Crippen molar-refractivity contribution in [2.45, 2.75) is 57.6 Å². The Morgan fingerprint density at radius 1 is 1.00 bits per heavy atom. The molecule has 0 amide bonds. The number of Topliss-reactive ketones (excluding diaryl/α,β-unsaturated/α-hetero) is 1. The Bertz CT molecular complexity index is 814. The van der Waals surface area contributed by atoms with Crippen LogP contribution in [-0.2, 0) is 30.5 Å². The topological polar surface area (TPSA) is 104 Å². The van der Waals surface area contributed by atoms with Crippen molar-refractivity contribution in [3.05, 3.63) is 21.4 Å². The molecule has 0 spiro atoms. The van der Waals surface area contributed by atoms with Crippen LogP contribution in [0.15, 0.2) is 5.38 Å². The number of ketones is 1. The highest BCUT2D eigenvalue weighted by Gasteiger charge is 2.28. The molecule has 0 fully saturated rings. The zero-order valence-electron chi connectivity index (χ0n) is 17.0. The molecule has 0 N–H and O–H groups in total. The highest BCUT2D eigenvalue weighted by molar-refractivity contribution is 7.92. The minimum Gasteiger partial charge on any atom is -0.465 e. The van der Waals surface area contributed by atoms with Crippen molar-refractivity contribution >= 4 is 38.9 Å². The third-order valence-electron chi connectivity index (χ3n) is 4.32. The first-order valence-electron chi connectivity index (χ1n) is 8.95. The van der Waals surface area contributed by atoms with Crippen LogP contribution in [-0.4, -0.2) is 50.9 Å². The van der Waals surface area contributed by atoms with Gasteiger partial charge >= 0.3 is 11.9 Å². The molecule has 0 bridgehead atoms. The number of hydrogen-bond donors (Lipinski definition) is 0. The first-order chi connectivity index (χ1) is 12.9. The Hall–Kier alpha value is -1.74. The minimum absolute atomic E-state index is 0.0121. The predicted octanol–water partition coefficient (Wildman–Crippen LogP) is 3.21. The maximum Gasteiger partial charge on any atom is 0.348 e. The lowest BCUT2D eigenvalue weighted by molar-refractivity contribution is -0.118. The number of carbonyl (C=O) groups is 3. The molecule has 158 valence electrons. The van der Waals surface area contributed by atoms with Crippen molar-refractivity contribution < 1.29 is 32.3 Å². The highest BCUT2D eigenvalue weighted by atomic mass is 32.2. The molecule has 0 unspecified atom stereocenters. The minimum atomic E-state index is -3.15. The fourth-order valence-electron chi connectivity index (χ4n) is 2.49. The van der Waals surface area contributed by atoms with E-state index in [4.69, 9.17) is 4.74 Å². The Morgan fingerprint density at radius 3 is 2.14 bits per heavy atom. The average molecular weight is 433 g/mol. The van der Waals surface area contributed by atoms with Gasteiger partial charge in [-0.3, -0.25) is 4.79 Å². The molecular weight excluding hydrogens is 404 g/mol. The Labute approximate surface area is 170 Å². The van der Waals surface area contributed by atoms with Crippen LogP contribution in [0, 0.1) is 0 Å². The van der Waals surface area contributed by atoms with Crippen LogP contribution >= 0.6 is 11.3 Å². The summed E-state index contributed by atoms with van der Waals surface area (Å²) in [7, 11) is -0.729. The van der Waals surface area contributed by atoms with Crippen molar-refractivity contribution in [3.8, 4) is 0 Å². The molecule has 1 aromatic heterocycles. The molecule has 9 heteroatoms. The van der Waals surface area contributed by atoms with E-state index >= 15 is 0 Å². The van der Waals surface area contributed by atoms with E-state index in [1.807, 2.05) is 0 Å². The van der Waals surface area contributed by atoms with Gasteiger partial charge in [-0.25, -0.2) is 18.0 Å². The maximum absolute atomic E-state index is 12.3. The van der Waals surface area contributed by atoms with Crippen molar-refractivity contribution in [2.24, 2.45) is 0 Å². The normalized spacial score (nSPS) is 11.9. The third kappa shape index (κ3) is 6.41. The van der Waals surface area contributed by atoms with Crippen molar-refractivity contribution in [3.63, 3.8) is 0 Å². The standard InChI is InChI=1S/C19H28O7S2/c1-19(2,3)28(23,24)10-8-6-7-9-14(20)11-13-12-27-16(18(22)26-5)15(13)17(21)25-4/h12H,6-11H2,1-5H3. The summed E-state index contributed by atoms with van der Waals surface area (Å²) in [5.74, 6) is -1.32. The summed E-state index contributed by atoms with van der Waals surface area (Å²) in [5, 5.41) is 1.59. The highest BCUT2D eigenvalue weighted by Crippen LogP contribution is 2.26. The molecule has 0 aliphatic carbocycles. The SMILES string of the molecule is COC(=O)c1scc(CC(=O)CCCCCS(=O)(=O)C(C)(C)C)c1C(=O)OC. The second kappa shape index (κ2) is 10.2. The number of thiophene rings is 1. The first kappa shape index (κ1) is 24.3. The second-order valence-corrected chi connectivity index (χ2v) is 11.1. The third-order valence-corrected chi connectivity index (χ3v) is 8.02. The number of sulfone groups is 1. The molecule has 0 aliphatic heterocycles. The fraction of sp³-hybridized carbons (Fsp3) is 0.632. The Kier molecular flexibility index (Phi) is 8.81. The van der Waals surface area contributed by atoms with E-state index in [-0.39, 0.29) is 34.8 Å². The van der Waals surface area contributed by atoms with Gasteiger partial charge in [-0.15, -0.1) is 11.3 Å². The van der Waals surface area contributed by atoms with Crippen LogP contribution in [0.3, 0.4) is 0 Å². The van der Waals surface area contributed by atoms with Gasteiger partial charge in [0.25, 0.3) is 0 Å². The molecule has 1 rings (SSSR count). The molecule has 0 radical (unpaired) electrons. The number of esters is 2. The summed E-state index contributed by atoms with van der Waals surface area (Å²) >= 11 is 1.04. The van der Waals surface area contributed by atoms with E-state index < -0.39 is 26.5 Å². The lowest BCUT2D eigenvalue weighted by Gasteiger charge is -2.18. The van der Waals surface area contributed by atoms with Gasteiger partial charge in [0.1, 0.15) is 10.7 Å². The molecule has 0 saturated heterocycles. The van der Waals surface area contributed by atoms with Crippen LogP contribution in [0.5, 0.6) is 0 Å². The second-order valence-electron chi connectivity index (χ2n) is 7.41. The van der Waals surface area contributed by atoms with Crippen molar-refractivity contribution in [2.75, 3.05) is 20.0 Å². The van der Waals surface area contributed by atoms with Gasteiger partial charge in [-0.2, -0.15) is 0 Å². The van der Waals surface area contributed by atoms with Gasteiger partial charge in [0.05, 0.1) is 30.3 Å². The van der Waals surface area contributed by atoms with Gasteiger partial charge < -0.3 is 9.47 Å². The van der Waals surface area contributed by atoms with Gasteiger partial charge in [-0.1, -0.05) is 6.42 Å². The number of carbonyl (C=O) groups excluding carboxylic acids is 3. The van der Waals surface area contributed by atoms with Gasteiger partial charge in [-0.05, 0) is 44.6 Å². The predicted molar refractivity (Wildman–Crippen MR) is 108 cm³/mol. The maximum atomic E-state index is 12.3. The summed E-state index contributed by atoms with van der Waals surface area (Å²) < 4.78 is 32.7. The van der Waals surface area contributed by atoms with Crippen LogP contribution in [0.25, 0.3) is 0 Å². The molecule has 0 aromatic carbocycles. The number of methoxy groups -OCH3 is 2. The monoisotopic (exact) mass is 432 g/mol. The van der Waals surface area contributed by atoms with Crippen LogP contribution in [0.1, 0.15) is 72.0 Å². The van der Waals surface area contributed by atoms with E-state index in [0.29, 0.717) is 24.8 Å². The van der Waals surface area contributed by atoms with E-state index in [1.165, 1.54) is 14.2 Å². The summed E-state index contributed by atoms with van der Waals surface area (Å²) in [6.45, 7) is 5.02. The molecule has 1 aromatic rings. The quantitative estimate of drug-likeness (QED) is 0.413. The van der Waals surface area contributed by atoms with E-state index in [0.717, 1.165) is 11.3 Å². The van der Waals surface area contributed by atoms with Crippen molar-refractivity contribution in [1.82, 2.24) is 0 Å². The fourth-order valence-corrected chi connectivity index (χ4v) is 4.66.